The highest BCUT2D eigenvalue weighted by Gasteiger charge is 2.29. The summed E-state index contributed by atoms with van der Waals surface area (Å²) in [7, 11) is 0. The molecule has 1 aromatic carbocycles. The van der Waals surface area contributed by atoms with Crippen molar-refractivity contribution in [2.45, 2.75) is 12.6 Å². The third-order valence-electron chi connectivity index (χ3n) is 2.64. The average molecular weight is 285 g/mol. The molecule has 0 radical (unpaired) electrons. The average Bonchev–Trinajstić information content (AvgIpc) is 2.87. The molecule has 20 heavy (non-hydrogen) atoms. The highest BCUT2D eigenvalue weighted by atomic mass is 19.4. The van der Waals surface area contributed by atoms with Crippen LogP contribution < -0.4 is 10.5 Å². The van der Waals surface area contributed by atoms with Gasteiger partial charge >= 0.3 is 6.18 Å². The van der Waals surface area contributed by atoms with Gasteiger partial charge in [0.1, 0.15) is 0 Å². The van der Waals surface area contributed by atoms with Crippen molar-refractivity contribution >= 4 is 0 Å². The Morgan fingerprint density at radius 2 is 1.90 bits per heavy atom. The molecule has 0 aliphatic carbocycles. The molecule has 0 aliphatic rings. The molecule has 1 heterocycles. The van der Waals surface area contributed by atoms with E-state index in [1.807, 2.05) is 0 Å². The Kier molecular flexibility index (Phi) is 4.29. The van der Waals surface area contributed by atoms with Crippen LogP contribution in [0.1, 0.15) is 12.0 Å². The molecular formula is C13H14F3N3O. The van der Waals surface area contributed by atoms with Crippen molar-refractivity contribution in [3.63, 3.8) is 0 Å². The van der Waals surface area contributed by atoms with Gasteiger partial charge in [-0.3, -0.25) is 0 Å². The van der Waals surface area contributed by atoms with E-state index in [9.17, 15) is 13.2 Å². The lowest BCUT2D eigenvalue weighted by atomic mass is 10.2. The monoisotopic (exact) mass is 285 g/mol. The molecule has 0 saturated heterocycles. The Hall–Kier alpha value is -2.02. The van der Waals surface area contributed by atoms with Crippen LogP contribution in [0.4, 0.5) is 13.2 Å². The van der Waals surface area contributed by atoms with Crippen LogP contribution in [-0.2, 0) is 6.18 Å². The molecule has 0 aliphatic heterocycles. The van der Waals surface area contributed by atoms with Crippen LogP contribution in [-0.4, -0.2) is 22.9 Å². The third kappa shape index (κ3) is 3.51. The number of rotatable bonds is 5. The van der Waals surface area contributed by atoms with Crippen LogP contribution >= 0.6 is 0 Å². The minimum atomic E-state index is -4.33. The molecule has 0 spiro atoms. The van der Waals surface area contributed by atoms with E-state index in [4.69, 9.17) is 10.5 Å². The Morgan fingerprint density at radius 3 is 2.50 bits per heavy atom. The summed E-state index contributed by atoms with van der Waals surface area (Å²) in [6.07, 6.45) is -0.488. The fourth-order valence-corrected chi connectivity index (χ4v) is 1.60. The summed E-state index contributed by atoms with van der Waals surface area (Å²) in [5.74, 6) is 0.554. The lowest BCUT2D eigenvalue weighted by Crippen LogP contribution is -2.06. The zero-order valence-electron chi connectivity index (χ0n) is 10.6. The maximum Gasteiger partial charge on any atom is 0.416 e. The molecule has 0 unspecified atom stereocenters. The normalized spacial score (nSPS) is 11.6. The van der Waals surface area contributed by atoms with Crippen molar-refractivity contribution in [2.75, 3.05) is 13.2 Å². The fraction of sp³-hybridized carbons (Fsp3) is 0.308. The van der Waals surface area contributed by atoms with Crippen LogP contribution in [0.5, 0.6) is 5.75 Å². The maximum absolute atomic E-state index is 12.4. The zero-order chi connectivity index (χ0) is 14.6. The van der Waals surface area contributed by atoms with Gasteiger partial charge in [-0.15, -0.1) is 0 Å². The van der Waals surface area contributed by atoms with Crippen LogP contribution in [0.2, 0.25) is 0 Å². The summed E-state index contributed by atoms with van der Waals surface area (Å²) in [5.41, 5.74) is 5.19. The number of hydrogen-bond acceptors (Lipinski definition) is 3. The van der Waals surface area contributed by atoms with E-state index in [1.165, 1.54) is 23.0 Å². The Balaban J connectivity index is 2.08. The molecule has 0 saturated carbocycles. The molecule has 1 aromatic heterocycles. The van der Waals surface area contributed by atoms with Gasteiger partial charge in [-0.05, 0) is 37.2 Å². The SMILES string of the molecule is NCCCOc1cnn(-c2ccc(C(F)(F)F)cc2)c1. The molecule has 0 atom stereocenters. The molecular weight excluding hydrogens is 271 g/mol. The number of alkyl halides is 3. The van der Waals surface area contributed by atoms with Crippen molar-refractivity contribution < 1.29 is 17.9 Å². The van der Waals surface area contributed by atoms with Gasteiger partial charge in [-0.2, -0.15) is 18.3 Å². The summed E-state index contributed by atoms with van der Waals surface area (Å²) < 4.78 is 44.2. The fourth-order valence-electron chi connectivity index (χ4n) is 1.60. The lowest BCUT2D eigenvalue weighted by Gasteiger charge is -2.07. The first-order chi connectivity index (χ1) is 9.50. The highest BCUT2D eigenvalue weighted by molar-refractivity contribution is 5.36. The standard InChI is InChI=1S/C13H14F3N3O/c14-13(15,16)10-2-4-11(5-3-10)19-9-12(8-18-19)20-7-1-6-17/h2-5,8-9H,1,6-7,17H2. The summed E-state index contributed by atoms with van der Waals surface area (Å²) in [5, 5.41) is 4.04. The molecule has 4 nitrogen and oxygen atoms in total. The van der Waals surface area contributed by atoms with E-state index in [0.717, 1.165) is 18.6 Å². The van der Waals surface area contributed by atoms with Gasteiger partial charge in [-0.1, -0.05) is 0 Å². The van der Waals surface area contributed by atoms with Gasteiger partial charge in [0, 0.05) is 0 Å². The maximum atomic E-state index is 12.4. The van der Waals surface area contributed by atoms with Gasteiger partial charge < -0.3 is 10.5 Å². The predicted octanol–water partition coefficient (Wildman–Crippen LogP) is 2.62. The van der Waals surface area contributed by atoms with Crippen molar-refractivity contribution in [2.24, 2.45) is 5.73 Å². The first kappa shape index (κ1) is 14.4. The molecule has 2 aromatic rings. The highest BCUT2D eigenvalue weighted by Crippen LogP contribution is 2.29. The van der Waals surface area contributed by atoms with Crippen molar-refractivity contribution in [3.05, 3.63) is 42.2 Å². The lowest BCUT2D eigenvalue weighted by molar-refractivity contribution is -0.137. The van der Waals surface area contributed by atoms with Crippen LogP contribution in [0, 0.1) is 0 Å². The van der Waals surface area contributed by atoms with Gasteiger partial charge in [0.2, 0.25) is 0 Å². The molecule has 0 bridgehead atoms. The van der Waals surface area contributed by atoms with E-state index < -0.39 is 11.7 Å². The van der Waals surface area contributed by atoms with E-state index in [-0.39, 0.29) is 0 Å². The number of aromatic nitrogens is 2. The smallest absolute Gasteiger partial charge is 0.416 e. The van der Waals surface area contributed by atoms with E-state index in [1.54, 1.807) is 6.20 Å². The van der Waals surface area contributed by atoms with E-state index in [2.05, 4.69) is 5.10 Å². The second-order valence-corrected chi connectivity index (χ2v) is 4.16. The summed E-state index contributed by atoms with van der Waals surface area (Å²) >= 11 is 0. The molecule has 108 valence electrons. The summed E-state index contributed by atoms with van der Waals surface area (Å²) in [6.45, 7) is 1.02. The minimum absolute atomic E-state index is 0.481. The number of nitrogens with zero attached hydrogens (tertiary/aromatic N) is 2. The second-order valence-electron chi connectivity index (χ2n) is 4.16. The minimum Gasteiger partial charge on any atom is -0.490 e. The zero-order valence-corrected chi connectivity index (χ0v) is 10.6. The molecule has 2 rings (SSSR count). The quantitative estimate of drug-likeness (QED) is 0.859. The van der Waals surface area contributed by atoms with Gasteiger partial charge in [0.05, 0.1) is 30.3 Å². The molecule has 7 heteroatoms. The van der Waals surface area contributed by atoms with E-state index in [0.29, 0.717) is 24.6 Å². The van der Waals surface area contributed by atoms with Crippen LogP contribution in [0.15, 0.2) is 36.7 Å². The van der Waals surface area contributed by atoms with Gasteiger partial charge in [0.25, 0.3) is 0 Å². The topological polar surface area (TPSA) is 53.1 Å². The van der Waals surface area contributed by atoms with E-state index >= 15 is 0 Å². The Morgan fingerprint density at radius 1 is 1.20 bits per heavy atom. The number of nitrogens with two attached hydrogens (primary N) is 1. The van der Waals surface area contributed by atoms with Crippen LogP contribution in [0.3, 0.4) is 0 Å². The second kappa shape index (κ2) is 5.96. The largest absolute Gasteiger partial charge is 0.490 e. The molecule has 0 fully saturated rings. The summed E-state index contributed by atoms with van der Waals surface area (Å²) in [4.78, 5) is 0. The van der Waals surface area contributed by atoms with Crippen molar-refractivity contribution in [1.82, 2.24) is 9.78 Å². The summed E-state index contributed by atoms with van der Waals surface area (Å²) in [6, 6.07) is 4.76. The Bertz CT molecular complexity index is 549. The molecule has 2 N–H and O–H groups in total. The first-order valence-corrected chi connectivity index (χ1v) is 6.06. The number of hydrogen-bond donors (Lipinski definition) is 1. The third-order valence-corrected chi connectivity index (χ3v) is 2.64. The van der Waals surface area contributed by atoms with Gasteiger partial charge in [-0.25, -0.2) is 4.68 Å². The van der Waals surface area contributed by atoms with Gasteiger partial charge in [0.15, 0.2) is 5.75 Å². The Labute approximate surface area is 114 Å². The van der Waals surface area contributed by atoms with Crippen molar-refractivity contribution in [3.8, 4) is 11.4 Å². The van der Waals surface area contributed by atoms with Crippen molar-refractivity contribution in [1.29, 1.82) is 0 Å². The number of benzene rings is 1. The first-order valence-electron chi connectivity index (χ1n) is 6.06. The number of ether oxygens (including phenoxy) is 1. The number of halogens is 3. The molecule has 0 amide bonds. The predicted molar refractivity (Wildman–Crippen MR) is 67.7 cm³/mol. The van der Waals surface area contributed by atoms with Crippen LogP contribution in [0.25, 0.3) is 5.69 Å².